The lowest BCUT2D eigenvalue weighted by Crippen LogP contribution is -2.42. The number of rotatable bonds is 6. The van der Waals surface area contributed by atoms with Gasteiger partial charge in [-0.1, -0.05) is 33.6 Å². The van der Waals surface area contributed by atoms with Gasteiger partial charge in [0.25, 0.3) is 0 Å². The van der Waals surface area contributed by atoms with E-state index in [9.17, 15) is 5.11 Å². The SMILES string of the molecule is CCCC(O)C(CC)N1CCC(CC)C1. The average Bonchev–Trinajstić information content (AvgIpc) is 2.68. The van der Waals surface area contributed by atoms with Crippen molar-refractivity contribution in [1.29, 1.82) is 0 Å². The quantitative estimate of drug-likeness (QED) is 0.733. The Morgan fingerprint density at radius 3 is 2.53 bits per heavy atom. The van der Waals surface area contributed by atoms with E-state index in [-0.39, 0.29) is 6.10 Å². The molecule has 3 atom stereocenters. The van der Waals surface area contributed by atoms with Crippen molar-refractivity contribution < 1.29 is 5.11 Å². The number of hydrogen-bond donors (Lipinski definition) is 1. The highest BCUT2D eigenvalue weighted by Crippen LogP contribution is 2.24. The fourth-order valence-corrected chi connectivity index (χ4v) is 2.76. The number of aliphatic hydroxyl groups is 1. The Morgan fingerprint density at radius 1 is 1.33 bits per heavy atom. The molecule has 0 aromatic carbocycles. The number of likely N-dealkylation sites (tertiary alicyclic amines) is 1. The summed E-state index contributed by atoms with van der Waals surface area (Å²) in [6.07, 6.45) is 5.62. The van der Waals surface area contributed by atoms with Crippen molar-refractivity contribution in [3.63, 3.8) is 0 Å². The van der Waals surface area contributed by atoms with Gasteiger partial charge >= 0.3 is 0 Å². The average molecular weight is 213 g/mol. The van der Waals surface area contributed by atoms with Crippen LogP contribution in [0, 0.1) is 5.92 Å². The molecule has 0 amide bonds. The lowest BCUT2D eigenvalue weighted by molar-refractivity contribution is 0.0511. The zero-order valence-electron chi connectivity index (χ0n) is 10.6. The van der Waals surface area contributed by atoms with Crippen molar-refractivity contribution in [3.05, 3.63) is 0 Å². The first-order chi connectivity index (χ1) is 7.22. The standard InChI is InChI=1S/C13H27NO/c1-4-7-13(15)12(6-3)14-9-8-11(5-2)10-14/h11-13,15H,4-10H2,1-3H3. The predicted molar refractivity (Wildman–Crippen MR) is 65.0 cm³/mol. The molecular formula is C13H27NO. The lowest BCUT2D eigenvalue weighted by Gasteiger charge is -2.31. The van der Waals surface area contributed by atoms with Crippen LogP contribution < -0.4 is 0 Å². The van der Waals surface area contributed by atoms with Crippen LogP contribution in [0.5, 0.6) is 0 Å². The van der Waals surface area contributed by atoms with Gasteiger partial charge in [-0.05, 0) is 31.7 Å². The molecule has 2 nitrogen and oxygen atoms in total. The zero-order chi connectivity index (χ0) is 11.3. The van der Waals surface area contributed by atoms with Crippen LogP contribution in [0.15, 0.2) is 0 Å². The third-order valence-corrected chi connectivity index (χ3v) is 3.81. The largest absolute Gasteiger partial charge is 0.391 e. The van der Waals surface area contributed by atoms with E-state index >= 15 is 0 Å². The van der Waals surface area contributed by atoms with Gasteiger partial charge in [0.1, 0.15) is 0 Å². The second-order valence-electron chi connectivity index (χ2n) is 4.89. The molecule has 15 heavy (non-hydrogen) atoms. The Balaban J connectivity index is 2.44. The van der Waals surface area contributed by atoms with Gasteiger partial charge in [0.05, 0.1) is 6.10 Å². The molecule has 0 radical (unpaired) electrons. The summed E-state index contributed by atoms with van der Waals surface area (Å²) in [7, 11) is 0. The highest BCUT2D eigenvalue weighted by atomic mass is 16.3. The Labute approximate surface area is 94.7 Å². The van der Waals surface area contributed by atoms with Crippen molar-refractivity contribution in [1.82, 2.24) is 4.90 Å². The van der Waals surface area contributed by atoms with Gasteiger partial charge in [-0.15, -0.1) is 0 Å². The number of nitrogens with zero attached hydrogens (tertiary/aromatic N) is 1. The number of aliphatic hydroxyl groups excluding tert-OH is 1. The van der Waals surface area contributed by atoms with E-state index in [1.54, 1.807) is 0 Å². The topological polar surface area (TPSA) is 23.5 Å². The minimum Gasteiger partial charge on any atom is -0.391 e. The van der Waals surface area contributed by atoms with Crippen LogP contribution in [0.1, 0.15) is 52.9 Å². The molecule has 1 aliphatic rings. The maximum atomic E-state index is 10.1. The Kier molecular flexibility index (Phi) is 5.62. The maximum Gasteiger partial charge on any atom is 0.0695 e. The maximum absolute atomic E-state index is 10.1. The van der Waals surface area contributed by atoms with Gasteiger partial charge in [-0.25, -0.2) is 0 Å². The molecule has 3 unspecified atom stereocenters. The Hall–Kier alpha value is -0.0800. The summed E-state index contributed by atoms with van der Waals surface area (Å²) in [4.78, 5) is 2.51. The molecule has 2 heteroatoms. The van der Waals surface area contributed by atoms with E-state index in [2.05, 4.69) is 25.7 Å². The van der Waals surface area contributed by atoms with Gasteiger partial charge in [0.15, 0.2) is 0 Å². The van der Waals surface area contributed by atoms with Crippen LogP contribution in [0.3, 0.4) is 0 Å². The molecule has 0 aliphatic carbocycles. The van der Waals surface area contributed by atoms with Crippen LogP contribution >= 0.6 is 0 Å². The molecule has 1 heterocycles. The van der Waals surface area contributed by atoms with E-state index in [0.717, 1.165) is 25.2 Å². The van der Waals surface area contributed by atoms with Crippen LogP contribution in [0.2, 0.25) is 0 Å². The molecule has 0 saturated carbocycles. The van der Waals surface area contributed by atoms with Crippen molar-refractivity contribution in [3.8, 4) is 0 Å². The van der Waals surface area contributed by atoms with Crippen LogP contribution in [0.25, 0.3) is 0 Å². The molecule has 0 aromatic rings. The molecule has 1 saturated heterocycles. The normalized spacial score (nSPS) is 26.8. The Bertz CT molecular complexity index is 172. The van der Waals surface area contributed by atoms with Crippen molar-refractivity contribution >= 4 is 0 Å². The van der Waals surface area contributed by atoms with Crippen molar-refractivity contribution in [2.24, 2.45) is 5.92 Å². The van der Waals surface area contributed by atoms with E-state index in [1.807, 2.05) is 0 Å². The number of hydrogen-bond acceptors (Lipinski definition) is 2. The summed E-state index contributed by atoms with van der Waals surface area (Å²) in [5.74, 6) is 0.868. The van der Waals surface area contributed by atoms with Crippen LogP contribution in [-0.2, 0) is 0 Å². The summed E-state index contributed by atoms with van der Waals surface area (Å²) in [5.41, 5.74) is 0. The molecule has 90 valence electrons. The smallest absolute Gasteiger partial charge is 0.0695 e. The lowest BCUT2D eigenvalue weighted by atomic mass is 10.0. The summed E-state index contributed by atoms with van der Waals surface area (Å²) < 4.78 is 0. The van der Waals surface area contributed by atoms with Gasteiger partial charge in [0, 0.05) is 12.6 Å². The molecule has 0 spiro atoms. The van der Waals surface area contributed by atoms with E-state index < -0.39 is 0 Å². The highest BCUT2D eigenvalue weighted by Gasteiger charge is 2.29. The van der Waals surface area contributed by atoms with E-state index in [0.29, 0.717) is 6.04 Å². The van der Waals surface area contributed by atoms with E-state index in [1.165, 1.54) is 25.9 Å². The summed E-state index contributed by atoms with van der Waals surface area (Å²) in [5, 5.41) is 10.1. The third kappa shape index (κ3) is 3.46. The molecular weight excluding hydrogens is 186 g/mol. The summed E-state index contributed by atoms with van der Waals surface area (Å²) in [6.45, 7) is 9.02. The molecule has 1 rings (SSSR count). The van der Waals surface area contributed by atoms with Gasteiger partial charge in [-0.3, -0.25) is 4.90 Å². The summed E-state index contributed by atoms with van der Waals surface area (Å²) in [6, 6.07) is 0.404. The highest BCUT2D eigenvalue weighted by molar-refractivity contribution is 4.84. The van der Waals surface area contributed by atoms with Gasteiger partial charge in [-0.2, -0.15) is 0 Å². The monoisotopic (exact) mass is 213 g/mol. The van der Waals surface area contributed by atoms with Crippen molar-refractivity contribution in [2.45, 2.75) is 65.0 Å². The zero-order valence-corrected chi connectivity index (χ0v) is 10.6. The molecule has 0 bridgehead atoms. The van der Waals surface area contributed by atoms with Crippen LogP contribution in [0.4, 0.5) is 0 Å². The predicted octanol–water partition coefficient (Wildman–Crippen LogP) is 2.66. The minimum absolute atomic E-state index is 0.115. The molecule has 1 aliphatic heterocycles. The molecule has 1 N–H and O–H groups in total. The minimum atomic E-state index is -0.115. The Morgan fingerprint density at radius 2 is 2.07 bits per heavy atom. The third-order valence-electron chi connectivity index (χ3n) is 3.81. The van der Waals surface area contributed by atoms with Crippen LogP contribution in [-0.4, -0.2) is 35.2 Å². The van der Waals surface area contributed by atoms with Crippen molar-refractivity contribution in [2.75, 3.05) is 13.1 Å². The molecule has 0 aromatic heterocycles. The fourth-order valence-electron chi connectivity index (χ4n) is 2.76. The summed E-state index contributed by atoms with van der Waals surface area (Å²) >= 11 is 0. The van der Waals surface area contributed by atoms with Gasteiger partial charge in [0.2, 0.25) is 0 Å². The van der Waals surface area contributed by atoms with E-state index in [4.69, 9.17) is 0 Å². The fraction of sp³-hybridized carbons (Fsp3) is 1.00. The first-order valence-corrected chi connectivity index (χ1v) is 6.64. The second-order valence-corrected chi connectivity index (χ2v) is 4.89. The molecule has 1 fully saturated rings. The second kappa shape index (κ2) is 6.49. The first-order valence-electron chi connectivity index (χ1n) is 6.64. The van der Waals surface area contributed by atoms with Gasteiger partial charge < -0.3 is 5.11 Å². The first kappa shape index (κ1) is 13.0.